The molecule has 39 heavy (non-hydrogen) atoms. The van der Waals surface area contributed by atoms with Gasteiger partial charge in [-0.05, 0) is 45.0 Å². The highest BCUT2D eigenvalue weighted by molar-refractivity contribution is 6.35. The number of hydrogen-bond acceptors (Lipinski definition) is 7. The van der Waals surface area contributed by atoms with Gasteiger partial charge in [-0.1, -0.05) is 23.7 Å². The maximum Gasteiger partial charge on any atom is 0.319 e. The van der Waals surface area contributed by atoms with Gasteiger partial charge < -0.3 is 19.9 Å². The highest BCUT2D eigenvalue weighted by Crippen LogP contribution is 2.42. The Hall–Kier alpha value is -3.15. The molecule has 0 radical (unpaired) electrons. The quantitative estimate of drug-likeness (QED) is 0.364. The molecule has 206 valence electrons. The Morgan fingerprint density at radius 2 is 2.05 bits per heavy atom. The number of benzene rings is 2. The van der Waals surface area contributed by atoms with Gasteiger partial charge >= 0.3 is 6.01 Å². The maximum atomic E-state index is 16.5. The minimum Gasteiger partial charge on any atom is -0.462 e. The van der Waals surface area contributed by atoms with Crippen molar-refractivity contribution in [1.29, 1.82) is 0 Å². The molecular formula is C27H29ClF3N7O. The van der Waals surface area contributed by atoms with Crippen LogP contribution < -0.4 is 15.0 Å². The van der Waals surface area contributed by atoms with E-state index in [4.69, 9.17) is 16.3 Å². The van der Waals surface area contributed by atoms with Crippen molar-refractivity contribution in [2.45, 2.75) is 31.7 Å². The van der Waals surface area contributed by atoms with E-state index < -0.39 is 24.8 Å². The molecule has 2 aromatic carbocycles. The molecule has 0 saturated carbocycles. The van der Waals surface area contributed by atoms with E-state index in [1.807, 2.05) is 26.1 Å². The number of nitrogens with one attached hydrogen (secondary N) is 2. The molecule has 12 heteroatoms. The van der Waals surface area contributed by atoms with Crippen LogP contribution in [0.5, 0.6) is 6.01 Å². The summed E-state index contributed by atoms with van der Waals surface area (Å²) in [4.78, 5) is 12.6. The lowest BCUT2D eigenvalue weighted by atomic mass is 9.96. The van der Waals surface area contributed by atoms with Crippen molar-refractivity contribution in [1.82, 2.24) is 30.4 Å². The van der Waals surface area contributed by atoms with E-state index in [2.05, 4.69) is 30.4 Å². The van der Waals surface area contributed by atoms with Crippen LogP contribution in [0.25, 0.3) is 32.9 Å². The Kier molecular flexibility index (Phi) is 6.76. The van der Waals surface area contributed by atoms with Crippen LogP contribution in [-0.4, -0.2) is 83.4 Å². The summed E-state index contributed by atoms with van der Waals surface area (Å²) in [6.07, 6.45) is 3.67. The number of aromatic amines is 1. The minimum atomic E-state index is -3.00. The first-order valence-corrected chi connectivity index (χ1v) is 13.4. The lowest BCUT2D eigenvalue weighted by Crippen LogP contribution is -2.39. The van der Waals surface area contributed by atoms with Crippen molar-refractivity contribution in [3.8, 4) is 17.1 Å². The number of halogens is 4. The summed E-state index contributed by atoms with van der Waals surface area (Å²) in [6, 6.07) is 5.44. The first-order valence-electron chi connectivity index (χ1n) is 13.0. The van der Waals surface area contributed by atoms with Crippen LogP contribution >= 0.6 is 11.6 Å². The average Bonchev–Trinajstić information content (AvgIpc) is 3.49. The van der Waals surface area contributed by atoms with Gasteiger partial charge in [-0.3, -0.25) is 5.10 Å². The molecule has 4 heterocycles. The molecule has 2 aromatic heterocycles. The van der Waals surface area contributed by atoms with Crippen LogP contribution in [0.3, 0.4) is 0 Å². The second-order valence-electron chi connectivity index (χ2n) is 10.4. The molecule has 2 aliphatic heterocycles. The predicted octanol–water partition coefficient (Wildman–Crippen LogP) is 4.79. The van der Waals surface area contributed by atoms with Gasteiger partial charge in [0.15, 0.2) is 5.82 Å². The Morgan fingerprint density at radius 3 is 2.85 bits per heavy atom. The number of anilines is 1. The lowest BCUT2D eigenvalue weighted by Gasteiger charge is -2.26. The average molecular weight is 560 g/mol. The number of alkyl halides is 2. The second kappa shape index (κ2) is 10.1. The van der Waals surface area contributed by atoms with Gasteiger partial charge in [0.05, 0.1) is 29.8 Å². The molecule has 0 bridgehead atoms. The summed E-state index contributed by atoms with van der Waals surface area (Å²) in [6.45, 7) is 2.68. The fourth-order valence-corrected chi connectivity index (χ4v) is 5.86. The number of likely N-dealkylation sites (N-methyl/N-ethyl adjacent to an activating group) is 1. The number of fused-ring (bicyclic) bond motifs is 2. The molecule has 2 fully saturated rings. The normalized spacial score (nSPS) is 20.2. The van der Waals surface area contributed by atoms with Gasteiger partial charge in [0.2, 0.25) is 0 Å². The van der Waals surface area contributed by atoms with Crippen molar-refractivity contribution in [3.63, 3.8) is 0 Å². The first-order chi connectivity index (χ1) is 18.7. The molecule has 0 unspecified atom stereocenters. The Bertz CT molecular complexity index is 1550. The molecule has 0 spiro atoms. The number of aryl methyl sites for hydroxylation is 1. The van der Waals surface area contributed by atoms with Crippen LogP contribution in [0.4, 0.5) is 19.0 Å². The number of likely N-dealkylation sites (tertiary alicyclic amines) is 1. The smallest absolute Gasteiger partial charge is 0.319 e. The third kappa shape index (κ3) is 4.87. The van der Waals surface area contributed by atoms with E-state index in [0.717, 1.165) is 30.3 Å². The second-order valence-corrected chi connectivity index (χ2v) is 10.8. The van der Waals surface area contributed by atoms with E-state index in [-0.39, 0.29) is 45.9 Å². The van der Waals surface area contributed by atoms with E-state index in [0.29, 0.717) is 24.2 Å². The van der Waals surface area contributed by atoms with Crippen molar-refractivity contribution in [2.24, 2.45) is 0 Å². The van der Waals surface area contributed by atoms with Crippen LogP contribution in [0.1, 0.15) is 18.4 Å². The van der Waals surface area contributed by atoms with Gasteiger partial charge in [-0.15, -0.1) is 0 Å². The minimum absolute atomic E-state index is 0.0365. The number of hydrogen-bond donors (Lipinski definition) is 2. The number of ether oxygens (including phenoxy) is 1. The Labute approximate surface area is 228 Å². The fraction of sp³-hybridized carbons (Fsp3) is 0.444. The number of H-pyrrole nitrogens is 1. The zero-order chi connectivity index (χ0) is 27.3. The van der Waals surface area contributed by atoms with Crippen molar-refractivity contribution < 1.29 is 17.9 Å². The molecule has 6 rings (SSSR count). The summed E-state index contributed by atoms with van der Waals surface area (Å²) < 4.78 is 51.7. The highest BCUT2D eigenvalue weighted by atomic mass is 35.5. The lowest BCUT2D eigenvalue weighted by molar-refractivity contribution is 0.0156. The summed E-state index contributed by atoms with van der Waals surface area (Å²) >= 11 is 6.74. The third-order valence-electron chi connectivity index (χ3n) is 7.66. The molecular weight excluding hydrogens is 531 g/mol. The summed E-state index contributed by atoms with van der Waals surface area (Å²) in [7, 11) is 2.02. The Morgan fingerprint density at radius 1 is 1.21 bits per heavy atom. The van der Waals surface area contributed by atoms with E-state index in [1.54, 1.807) is 12.3 Å². The molecule has 0 amide bonds. The number of aromatic nitrogens is 4. The number of rotatable bonds is 5. The SMILES string of the molecule is Cc1ccc2cn[nH]c2c1-c1c(Cl)cc2c(N3CCNCC(F)(F)C3)nc(OC[C@@H]3CCCN3C)nc2c1F. The predicted molar refractivity (Wildman–Crippen MR) is 146 cm³/mol. The van der Waals surface area contributed by atoms with Crippen molar-refractivity contribution in [3.05, 3.63) is 40.8 Å². The van der Waals surface area contributed by atoms with E-state index in [1.165, 1.54) is 4.90 Å². The largest absolute Gasteiger partial charge is 0.462 e. The molecule has 8 nitrogen and oxygen atoms in total. The number of nitrogens with zero attached hydrogens (tertiary/aromatic N) is 5. The van der Waals surface area contributed by atoms with Gasteiger partial charge in [0.1, 0.15) is 17.9 Å². The highest BCUT2D eigenvalue weighted by Gasteiger charge is 2.35. The zero-order valence-electron chi connectivity index (χ0n) is 21.7. The van der Waals surface area contributed by atoms with Gasteiger partial charge in [-0.25, -0.2) is 13.2 Å². The fourth-order valence-electron chi connectivity index (χ4n) is 5.58. The summed E-state index contributed by atoms with van der Waals surface area (Å²) in [5.74, 6) is -3.51. The Balaban J connectivity index is 1.53. The third-order valence-corrected chi connectivity index (χ3v) is 7.96. The zero-order valence-corrected chi connectivity index (χ0v) is 22.5. The summed E-state index contributed by atoms with van der Waals surface area (Å²) in [5.41, 5.74) is 2.12. The molecule has 2 saturated heterocycles. The topological polar surface area (TPSA) is 82.2 Å². The molecule has 4 aromatic rings. The van der Waals surface area contributed by atoms with E-state index >= 15 is 4.39 Å². The van der Waals surface area contributed by atoms with Crippen molar-refractivity contribution in [2.75, 3.05) is 51.3 Å². The standard InChI is InChI=1S/C27H29ClF3N7O/c1-15-5-6-16-11-33-36-23(16)20(15)21-19(28)10-18-24(22(21)29)34-26(39-12-17-4-3-8-37(17)2)35-25(18)38-9-7-32-13-27(30,31)14-38/h5-6,10-11,17,32H,3-4,7-9,12-14H2,1-2H3,(H,33,36)/t17-/m0/s1. The molecule has 0 aliphatic carbocycles. The first kappa shape index (κ1) is 26.1. The van der Waals surface area contributed by atoms with Crippen LogP contribution in [0, 0.1) is 12.7 Å². The van der Waals surface area contributed by atoms with E-state index in [9.17, 15) is 8.78 Å². The van der Waals surface area contributed by atoms with Gasteiger partial charge in [0, 0.05) is 41.0 Å². The van der Waals surface area contributed by atoms with Crippen LogP contribution in [-0.2, 0) is 0 Å². The molecule has 2 aliphatic rings. The summed E-state index contributed by atoms with van der Waals surface area (Å²) in [5, 5.41) is 11.0. The van der Waals surface area contributed by atoms with Gasteiger partial charge in [0.25, 0.3) is 5.92 Å². The van der Waals surface area contributed by atoms with Crippen LogP contribution in [0.15, 0.2) is 24.4 Å². The van der Waals surface area contributed by atoms with Gasteiger partial charge in [-0.2, -0.15) is 15.1 Å². The van der Waals surface area contributed by atoms with Crippen molar-refractivity contribution >= 4 is 39.2 Å². The monoisotopic (exact) mass is 559 g/mol. The maximum absolute atomic E-state index is 16.5. The van der Waals surface area contributed by atoms with Crippen LogP contribution in [0.2, 0.25) is 5.02 Å². The molecule has 2 N–H and O–H groups in total. The molecule has 1 atom stereocenters.